The first-order valence-electron chi connectivity index (χ1n) is 9.82. The van der Waals surface area contributed by atoms with Gasteiger partial charge in [-0.2, -0.15) is 4.68 Å². The molecule has 1 aliphatic carbocycles. The summed E-state index contributed by atoms with van der Waals surface area (Å²) < 4.78 is 6.94. The minimum Gasteiger partial charge on any atom is -0.442 e. The minimum atomic E-state index is -0.575. The number of nitrogens with zero attached hydrogens (tertiary/aromatic N) is 3. The van der Waals surface area contributed by atoms with Crippen LogP contribution in [0.1, 0.15) is 52.9 Å². The number of benzene rings is 1. The summed E-state index contributed by atoms with van der Waals surface area (Å²) in [4.78, 5) is 18.0. The third-order valence-electron chi connectivity index (χ3n) is 4.91. The van der Waals surface area contributed by atoms with Gasteiger partial charge in [-0.15, -0.1) is 16.4 Å². The third-order valence-corrected chi connectivity index (χ3v) is 5.73. The lowest BCUT2D eigenvalue weighted by atomic mass is 9.95. The molecule has 4 rings (SSSR count). The zero-order valence-corrected chi connectivity index (χ0v) is 17.4. The van der Waals surface area contributed by atoms with Gasteiger partial charge in [0, 0.05) is 17.6 Å². The molecule has 1 aromatic carbocycles. The maximum atomic E-state index is 12.7. The van der Waals surface area contributed by atoms with Crippen molar-refractivity contribution in [3.05, 3.63) is 29.9 Å². The summed E-state index contributed by atoms with van der Waals surface area (Å²) in [5, 5.41) is 9.12. The molecule has 1 N–H and O–H groups in total. The fraction of sp³-hybridized carbons (Fsp3) is 0.476. The second kappa shape index (κ2) is 7.54. The fourth-order valence-corrected chi connectivity index (χ4v) is 4.24. The van der Waals surface area contributed by atoms with E-state index in [1.807, 2.05) is 44.6 Å². The molecule has 3 aromatic rings. The van der Waals surface area contributed by atoms with Crippen LogP contribution in [0.15, 0.2) is 29.9 Å². The number of aromatic nitrogens is 3. The number of rotatable bonds is 3. The van der Waals surface area contributed by atoms with E-state index in [-0.39, 0.29) is 0 Å². The Hall–Kier alpha value is -2.41. The molecule has 1 saturated carbocycles. The van der Waals surface area contributed by atoms with Gasteiger partial charge in [0.15, 0.2) is 5.82 Å². The van der Waals surface area contributed by atoms with Gasteiger partial charge in [-0.3, -0.25) is 4.98 Å². The maximum Gasteiger partial charge on any atom is 0.435 e. The number of carbonyl (C=O) groups is 1. The zero-order chi connectivity index (χ0) is 19.7. The monoisotopic (exact) mass is 398 g/mol. The number of anilines is 1. The predicted octanol–water partition coefficient (Wildman–Crippen LogP) is 5.69. The van der Waals surface area contributed by atoms with E-state index in [4.69, 9.17) is 4.74 Å². The van der Waals surface area contributed by atoms with Crippen molar-refractivity contribution in [3.63, 3.8) is 0 Å². The number of ether oxygens (including phenoxy) is 1. The molecule has 0 spiro atoms. The molecule has 0 unspecified atom stereocenters. The van der Waals surface area contributed by atoms with Crippen LogP contribution in [0.5, 0.6) is 0 Å². The van der Waals surface area contributed by atoms with Crippen LogP contribution in [0.3, 0.4) is 0 Å². The topological polar surface area (TPSA) is 69.0 Å². The average Bonchev–Trinajstić information content (AvgIpc) is 3.29. The van der Waals surface area contributed by atoms with E-state index in [2.05, 4.69) is 21.5 Å². The molecule has 7 heteroatoms. The normalized spacial score (nSPS) is 15.7. The lowest BCUT2D eigenvalue weighted by Crippen LogP contribution is -2.28. The van der Waals surface area contributed by atoms with E-state index >= 15 is 0 Å². The Morgan fingerprint density at radius 2 is 2.04 bits per heavy atom. The molecule has 6 nitrogen and oxygen atoms in total. The van der Waals surface area contributed by atoms with Crippen molar-refractivity contribution in [2.75, 3.05) is 5.32 Å². The van der Waals surface area contributed by atoms with Gasteiger partial charge in [0.05, 0.1) is 15.9 Å². The van der Waals surface area contributed by atoms with E-state index in [0.29, 0.717) is 6.04 Å². The van der Waals surface area contributed by atoms with Crippen molar-refractivity contribution >= 4 is 34.2 Å². The first kappa shape index (κ1) is 18.9. The van der Waals surface area contributed by atoms with Gasteiger partial charge in [0.25, 0.3) is 0 Å². The van der Waals surface area contributed by atoms with E-state index in [9.17, 15) is 4.79 Å². The summed E-state index contributed by atoms with van der Waals surface area (Å²) in [6.45, 7) is 5.58. The Labute approximate surface area is 168 Å². The highest BCUT2D eigenvalue weighted by Crippen LogP contribution is 2.32. The SMILES string of the molecule is CC(C)(C)OC(=O)n1nc(NC2CCCCC2)c2cc(-c3cncs3)ccc21. The molecule has 0 bridgehead atoms. The molecule has 0 radical (unpaired) electrons. The standard InChI is InChI=1S/C21H26N4O2S/c1-21(2,3)27-20(26)25-17-10-9-14(18-12-22-13-28-18)11-16(17)19(24-25)23-15-7-5-4-6-8-15/h9-13,15H,4-8H2,1-3H3,(H,23,24). The Kier molecular flexibility index (Phi) is 5.10. The molecule has 2 heterocycles. The summed E-state index contributed by atoms with van der Waals surface area (Å²) in [6.07, 6.45) is 7.42. The lowest BCUT2D eigenvalue weighted by molar-refractivity contribution is 0.0523. The molecule has 1 aliphatic rings. The summed E-state index contributed by atoms with van der Waals surface area (Å²) in [5.41, 5.74) is 3.07. The Morgan fingerprint density at radius 1 is 1.25 bits per heavy atom. The number of hydrogen-bond donors (Lipinski definition) is 1. The van der Waals surface area contributed by atoms with Gasteiger partial charge in [0.2, 0.25) is 0 Å². The minimum absolute atomic E-state index is 0.394. The maximum absolute atomic E-state index is 12.7. The zero-order valence-electron chi connectivity index (χ0n) is 16.6. The molecule has 0 aliphatic heterocycles. The molecule has 1 fully saturated rings. The molecule has 2 aromatic heterocycles. The van der Waals surface area contributed by atoms with Crippen LogP contribution < -0.4 is 5.32 Å². The van der Waals surface area contributed by atoms with Crippen molar-refractivity contribution in [2.45, 2.75) is 64.5 Å². The third kappa shape index (κ3) is 4.04. The van der Waals surface area contributed by atoms with E-state index < -0.39 is 11.7 Å². The number of thiazole rings is 1. The largest absolute Gasteiger partial charge is 0.442 e. The predicted molar refractivity (Wildman–Crippen MR) is 113 cm³/mol. The molecular formula is C21H26N4O2S. The van der Waals surface area contributed by atoms with Crippen molar-refractivity contribution in [1.29, 1.82) is 0 Å². The van der Waals surface area contributed by atoms with Gasteiger partial charge in [0.1, 0.15) is 5.60 Å². The van der Waals surface area contributed by atoms with Crippen molar-refractivity contribution in [3.8, 4) is 10.4 Å². The highest BCUT2D eigenvalue weighted by molar-refractivity contribution is 7.13. The van der Waals surface area contributed by atoms with Crippen LogP contribution in [-0.4, -0.2) is 32.5 Å². The van der Waals surface area contributed by atoms with Crippen LogP contribution in [0, 0.1) is 0 Å². The van der Waals surface area contributed by atoms with Gasteiger partial charge >= 0.3 is 6.09 Å². The highest BCUT2D eigenvalue weighted by atomic mass is 32.1. The summed E-state index contributed by atoms with van der Waals surface area (Å²) in [6, 6.07) is 6.42. The van der Waals surface area contributed by atoms with Crippen molar-refractivity contribution in [2.24, 2.45) is 0 Å². The van der Waals surface area contributed by atoms with E-state index in [1.54, 1.807) is 11.3 Å². The van der Waals surface area contributed by atoms with Crippen molar-refractivity contribution in [1.82, 2.24) is 14.8 Å². The lowest BCUT2D eigenvalue weighted by Gasteiger charge is -2.22. The summed E-state index contributed by atoms with van der Waals surface area (Å²) in [5.74, 6) is 0.749. The second-order valence-corrected chi connectivity index (χ2v) is 9.20. The first-order chi connectivity index (χ1) is 13.4. The molecular weight excluding hydrogens is 372 g/mol. The van der Waals surface area contributed by atoms with Gasteiger partial charge in [-0.25, -0.2) is 4.79 Å². The van der Waals surface area contributed by atoms with Gasteiger partial charge < -0.3 is 10.1 Å². The number of nitrogens with one attached hydrogen (secondary N) is 1. The van der Waals surface area contributed by atoms with E-state index in [0.717, 1.165) is 40.0 Å². The van der Waals surface area contributed by atoms with E-state index in [1.165, 1.54) is 23.9 Å². The molecule has 148 valence electrons. The molecule has 0 saturated heterocycles. The average molecular weight is 399 g/mol. The number of carbonyl (C=O) groups excluding carboxylic acids is 1. The second-order valence-electron chi connectivity index (χ2n) is 8.32. The van der Waals surface area contributed by atoms with Crippen LogP contribution in [0.4, 0.5) is 10.6 Å². The van der Waals surface area contributed by atoms with Crippen LogP contribution >= 0.6 is 11.3 Å². The smallest absolute Gasteiger partial charge is 0.435 e. The van der Waals surface area contributed by atoms with Gasteiger partial charge in [-0.1, -0.05) is 25.3 Å². The Balaban J connectivity index is 1.75. The highest BCUT2D eigenvalue weighted by Gasteiger charge is 2.24. The number of hydrogen-bond acceptors (Lipinski definition) is 6. The van der Waals surface area contributed by atoms with Crippen LogP contribution in [0.2, 0.25) is 0 Å². The number of fused-ring (bicyclic) bond motifs is 1. The first-order valence-corrected chi connectivity index (χ1v) is 10.7. The fourth-order valence-electron chi connectivity index (χ4n) is 3.62. The molecule has 0 atom stereocenters. The van der Waals surface area contributed by atoms with Gasteiger partial charge in [-0.05, 0) is 51.3 Å². The van der Waals surface area contributed by atoms with Crippen LogP contribution in [0.25, 0.3) is 21.3 Å². The Bertz CT molecular complexity index is 966. The molecule has 0 amide bonds. The summed E-state index contributed by atoms with van der Waals surface area (Å²) >= 11 is 1.60. The Morgan fingerprint density at radius 3 is 2.71 bits per heavy atom. The molecule has 28 heavy (non-hydrogen) atoms. The quantitative estimate of drug-likeness (QED) is 0.614. The van der Waals surface area contributed by atoms with Crippen LogP contribution in [-0.2, 0) is 4.74 Å². The summed E-state index contributed by atoms with van der Waals surface area (Å²) in [7, 11) is 0. The van der Waals surface area contributed by atoms with Crippen molar-refractivity contribution < 1.29 is 9.53 Å².